The Kier molecular flexibility index (Phi) is 3.99. The minimum atomic E-state index is 0.720. The molecule has 0 aliphatic carbocycles. The van der Waals surface area contributed by atoms with Gasteiger partial charge in [-0.25, -0.2) is 4.98 Å². The summed E-state index contributed by atoms with van der Waals surface area (Å²) in [4.78, 5) is 4.28. The Labute approximate surface area is 96.4 Å². The van der Waals surface area contributed by atoms with Gasteiger partial charge in [-0.3, -0.25) is 0 Å². The number of hydrogen-bond donors (Lipinski definition) is 2. The van der Waals surface area contributed by atoms with Crippen LogP contribution in [-0.2, 0) is 0 Å². The highest BCUT2D eigenvalue weighted by atomic mass is 16.5. The van der Waals surface area contributed by atoms with Crippen LogP contribution in [0, 0.1) is 5.92 Å². The van der Waals surface area contributed by atoms with E-state index in [2.05, 4.69) is 15.6 Å². The third-order valence-corrected chi connectivity index (χ3v) is 2.94. The van der Waals surface area contributed by atoms with Crippen molar-refractivity contribution in [2.45, 2.75) is 12.8 Å². The molecule has 0 amide bonds. The number of nitrogens with zero attached hydrogens (tertiary/aromatic N) is 1. The Balaban J connectivity index is 1.79. The molecule has 4 heteroatoms. The molecule has 1 aliphatic heterocycles. The Morgan fingerprint density at radius 3 is 3.12 bits per heavy atom. The Morgan fingerprint density at radius 1 is 1.56 bits per heavy atom. The molecule has 0 spiro atoms. The van der Waals surface area contributed by atoms with Gasteiger partial charge in [-0.2, -0.15) is 0 Å². The highest BCUT2D eigenvalue weighted by molar-refractivity contribution is 5.37. The van der Waals surface area contributed by atoms with Crippen molar-refractivity contribution < 1.29 is 4.74 Å². The SMILES string of the molecule is COc1ccc(NCC2CCCNC2)nc1. The van der Waals surface area contributed by atoms with E-state index in [9.17, 15) is 0 Å². The summed E-state index contributed by atoms with van der Waals surface area (Å²) in [5.41, 5.74) is 0. The zero-order valence-electron chi connectivity index (χ0n) is 9.70. The molecular weight excluding hydrogens is 202 g/mol. The summed E-state index contributed by atoms with van der Waals surface area (Å²) < 4.78 is 5.06. The van der Waals surface area contributed by atoms with E-state index in [1.54, 1.807) is 13.3 Å². The van der Waals surface area contributed by atoms with Gasteiger partial charge in [0.1, 0.15) is 11.6 Å². The van der Waals surface area contributed by atoms with E-state index in [1.807, 2.05) is 12.1 Å². The van der Waals surface area contributed by atoms with Gasteiger partial charge in [-0.05, 0) is 44.0 Å². The molecule has 1 saturated heterocycles. The highest BCUT2D eigenvalue weighted by Crippen LogP contribution is 2.13. The molecule has 0 radical (unpaired) electrons. The van der Waals surface area contributed by atoms with Gasteiger partial charge in [0.05, 0.1) is 13.3 Å². The minimum absolute atomic E-state index is 0.720. The van der Waals surface area contributed by atoms with Crippen molar-refractivity contribution in [3.63, 3.8) is 0 Å². The summed E-state index contributed by atoms with van der Waals surface area (Å²) in [6.07, 6.45) is 4.32. The molecular formula is C12H19N3O. The van der Waals surface area contributed by atoms with Crippen molar-refractivity contribution in [1.29, 1.82) is 0 Å². The lowest BCUT2D eigenvalue weighted by molar-refractivity contribution is 0.392. The van der Waals surface area contributed by atoms with Crippen LogP contribution in [0.1, 0.15) is 12.8 Å². The van der Waals surface area contributed by atoms with Crippen molar-refractivity contribution in [3.8, 4) is 5.75 Å². The summed E-state index contributed by atoms with van der Waals surface area (Å²) >= 11 is 0. The predicted molar refractivity (Wildman–Crippen MR) is 64.9 cm³/mol. The van der Waals surface area contributed by atoms with Gasteiger partial charge in [-0.15, -0.1) is 0 Å². The molecule has 0 saturated carbocycles. The van der Waals surface area contributed by atoms with Crippen LogP contribution in [0.25, 0.3) is 0 Å². The fourth-order valence-corrected chi connectivity index (χ4v) is 1.95. The van der Waals surface area contributed by atoms with Crippen LogP contribution < -0.4 is 15.4 Å². The average molecular weight is 221 g/mol. The van der Waals surface area contributed by atoms with Crippen molar-refractivity contribution >= 4 is 5.82 Å². The lowest BCUT2D eigenvalue weighted by atomic mass is 10.00. The van der Waals surface area contributed by atoms with Gasteiger partial charge < -0.3 is 15.4 Å². The molecule has 1 fully saturated rings. The molecule has 88 valence electrons. The molecule has 16 heavy (non-hydrogen) atoms. The van der Waals surface area contributed by atoms with Crippen LogP contribution in [0.2, 0.25) is 0 Å². The van der Waals surface area contributed by atoms with E-state index >= 15 is 0 Å². The van der Waals surface area contributed by atoms with Gasteiger partial charge in [0, 0.05) is 6.54 Å². The van der Waals surface area contributed by atoms with Crippen molar-refractivity contribution in [3.05, 3.63) is 18.3 Å². The van der Waals surface area contributed by atoms with Gasteiger partial charge in [0.25, 0.3) is 0 Å². The second-order valence-corrected chi connectivity index (χ2v) is 4.18. The van der Waals surface area contributed by atoms with Crippen LogP contribution >= 0.6 is 0 Å². The first-order valence-electron chi connectivity index (χ1n) is 5.83. The Hall–Kier alpha value is -1.29. The molecule has 1 aromatic rings. The normalized spacial score (nSPS) is 20.4. The van der Waals surface area contributed by atoms with Crippen LogP contribution in [0.5, 0.6) is 5.75 Å². The first-order valence-corrected chi connectivity index (χ1v) is 5.83. The van der Waals surface area contributed by atoms with E-state index in [-0.39, 0.29) is 0 Å². The number of rotatable bonds is 4. The van der Waals surface area contributed by atoms with Gasteiger partial charge in [0.2, 0.25) is 0 Å². The second-order valence-electron chi connectivity index (χ2n) is 4.18. The van der Waals surface area contributed by atoms with E-state index in [4.69, 9.17) is 4.74 Å². The summed E-state index contributed by atoms with van der Waals surface area (Å²) in [6, 6.07) is 3.88. The number of methoxy groups -OCH3 is 1. The third kappa shape index (κ3) is 3.10. The predicted octanol–water partition coefficient (Wildman–Crippen LogP) is 1.50. The van der Waals surface area contributed by atoms with E-state index < -0.39 is 0 Å². The standard InChI is InChI=1S/C12H19N3O/c1-16-11-4-5-12(15-9-11)14-8-10-3-2-6-13-7-10/h4-5,9-10,13H,2-3,6-8H2,1H3,(H,14,15). The summed E-state index contributed by atoms with van der Waals surface area (Å²) in [6.45, 7) is 3.27. The molecule has 1 aromatic heterocycles. The first-order chi connectivity index (χ1) is 7.88. The topological polar surface area (TPSA) is 46.2 Å². The molecule has 1 atom stereocenters. The minimum Gasteiger partial charge on any atom is -0.495 e. The maximum atomic E-state index is 5.06. The van der Waals surface area contributed by atoms with Crippen molar-refractivity contribution in [1.82, 2.24) is 10.3 Å². The monoisotopic (exact) mass is 221 g/mol. The zero-order valence-corrected chi connectivity index (χ0v) is 9.70. The lowest BCUT2D eigenvalue weighted by Gasteiger charge is -2.23. The van der Waals surface area contributed by atoms with Crippen LogP contribution in [-0.4, -0.2) is 31.7 Å². The number of hydrogen-bond acceptors (Lipinski definition) is 4. The fourth-order valence-electron chi connectivity index (χ4n) is 1.95. The molecule has 1 aliphatic rings. The lowest BCUT2D eigenvalue weighted by Crippen LogP contribution is -2.33. The van der Waals surface area contributed by atoms with Crippen molar-refractivity contribution in [2.24, 2.45) is 5.92 Å². The molecule has 2 rings (SSSR count). The van der Waals surface area contributed by atoms with E-state index in [0.29, 0.717) is 0 Å². The highest BCUT2D eigenvalue weighted by Gasteiger charge is 2.12. The number of piperidine rings is 1. The van der Waals surface area contributed by atoms with E-state index in [0.717, 1.165) is 37.1 Å². The van der Waals surface area contributed by atoms with Crippen molar-refractivity contribution in [2.75, 3.05) is 32.1 Å². The van der Waals surface area contributed by atoms with E-state index in [1.165, 1.54) is 12.8 Å². The second kappa shape index (κ2) is 5.70. The molecule has 2 N–H and O–H groups in total. The quantitative estimate of drug-likeness (QED) is 0.809. The summed E-state index contributed by atoms with van der Waals surface area (Å²) in [5.74, 6) is 2.44. The Morgan fingerprint density at radius 2 is 2.50 bits per heavy atom. The summed E-state index contributed by atoms with van der Waals surface area (Å²) in [5, 5.41) is 6.77. The van der Waals surface area contributed by atoms with Crippen LogP contribution in [0.3, 0.4) is 0 Å². The molecule has 0 aromatic carbocycles. The number of nitrogens with one attached hydrogen (secondary N) is 2. The van der Waals surface area contributed by atoms with Gasteiger partial charge in [0.15, 0.2) is 0 Å². The number of anilines is 1. The maximum Gasteiger partial charge on any atom is 0.137 e. The molecule has 0 bridgehead atoms. The molecule has 1 unspecified atom stereocenters. The van der Waals surface area contributed by atoms with Crippen LogP contribution in [0.4, 0.5) is 5.82 Å². The molecule has 4 nitrogen and oxygen atoms in total. The first kappa shape index (κ1) is 11.2. The van der Waals surface area contributed by atoms with Gasteiger partial charge in [-0.1, -0.05) is 0 Å². The summed E-state index contributed by atoms with van der Waals surface area (Å²) in [7, 11) is 1.65. The third-order valence-electron chi connectivity index (χ3n) is 2.94. The zero-order chi connectivity index (χ0) is 11.2. The Bertz CT molecular complexity index is 307. The smallest absolute Gasteiger partial charge is 0.137 e. The number of pyridine rings is 1. The largest absolute Gasteiger partial charge is 0.495 e. The fraction of sp³-hybridized carbons (Fsp3) is 0.583. The number of aromatic nitrogens is 1. The van der Waals surface area contributed by atoms with Gasteiger partial charge >= 0.3 is 0 Å². The maximum absolute atomic E-state index is 5.06. The molecule has 2 heterocycles. The van der Waals surface area contributed by atoms with Crippen LogP contribution in [0.15, 0.2) is 18.3 Å². The average Bonchev–Trinajstić information content (AvgIpc) is 2.38. The number of ether oxygens (including phenoxy) is 1.